The minimum Gasteiger partial charge on any atom is -0.457 e. The summed E-state index contributed by atoms with van der Waals surface area (Å²) < 4.78 is 42.8. The molecule has 0 radical (unpaired) electrons. The largest absolute Gasteiger partial charge is 0.457 e. The lowest BCUT2D eigenvalue weighted by atomic mass is 9.94. The van der Waals surface area contributed by atoms with E-state index in [4.69, 9.17) is 9.47 Å². The van der Waals surface area contributed by atoms with E-state index in [1.54, 1.807) is 48.5 Å². The van der Waals surface area contributed by atoms with Crippen LogP contribution in [0.3, 0.4) is 0 Å². The van der Waals surface area contributed by atoms with Crippen molar-refractivity contribution in [3.8, 4) is 44.8 Å². The average molecular weight is 1170 g/mol. The number of halogens is 2. The van der Waals surface area contributed by atoms with Crippen molar-refractivity contribution in [2.75, 3.05) is 23.8 Å². The second kappa shape index (κ2) is 29.8. The summed E-state index contributed by atoms with van der Waals surface area (Å²) in [7, 11) is 0. The molecule has 0 unspecified atom stereocenters. The maximum Gasteiger partial charge on any atom is 0.308 e. The number of carbonyl (C=O) groups is 5. The number of nitrogens with one attached hydrogen (secondary N) is 2. The molecule has 448 valence electrons. The molecule has 0 saturated carbocycles. The Morgan fingerprint density at radius 1 is 0.442 bits per heavy atom. The van der Waals surface area contributed by atoms with Gasteiger partial charge in [0.15, 0.2) is 13.2 Å². The van der Waals surface area contributed by atoms with E-state index < -0.39 is 79.8 Å². The Morgan fingerprint density at radius 3 is 1.09 bits per heavy atom. The molecule has 0 fully saturated rings. The first-order chi connectivity index (χ1) is 41.4. The van der Waals surface area contributed by atoms with Gasteiger partial charge in [-0.05, 0) is 133 Å². The molecule has 86 heavy (non-hydrogen) atoms. The van der Waals surface area contributed by atoms with Gasteiger partial charge in [0.2, 0.25) is 5.78 Å². The third kappa shape index (κ3) is 16.3. The second-order valence-corrected chi connectivity index (χ2v) is 21.9. The third-order valence-corrected chi connectivity index (χ3v) is 14.6. The number of anilines is 2. The maximum absolute atomic E-state index is 14.4. The summed E-state index contributed by atoms with van der Waals surface area (Å²) in [6, 6.07) is 48.7. The van der Waals surface area contributed by atoms with Crippen molar-refractivity contribution < 1.29 is 62.7 Å². The van der Waals surface area contributed by atoms with Gasteiger partial charge in [-0.2, -0.15) is 0 Å². The Labute approximate surface area is 498 Å². The summed E-state index contributed by atoms with van der Waals surface area (Å²) in [5.41, 5.74) is 8.55. The summed E-state index contributed by atoms with van der Waals surface area (Å²) in [4.78, 5) is 67.2. The molecular weight excluding hydrogens is 1100 g/mol. The number of Topliss-reactive ketones (excluding diaryl/α,β-unsaturated/α-hetero) is 1. The second-order valence-electron chi connectivity index (χ2n) is 21.9. The lowest BCUT2D eigenvalue weighted by molar-refractivity contribution is -0.155. The van der Waals surface area contributed by atoms with E-state index in [0.29, 0.717) is 67.5 Å². The predicted molar refractivity (Wildman–Crippen MR) is 326 cm³/mol. The number of carbonyl (C=O) groups excluding carboxylic acids is 5. The van der Waals surface area contributed by atoms with Crippen LogP contribution < -0.4 is 10.6 Å². The number of rotatable bonds is 28. The number of esters is 2. The van der Waals surface area contributed by atoms with E-state index in [-0.39, 0.29) is 62.4 Å². The SMILES string of the molecule is CC(C)c1c(C(=O)Nc2ccccc2)c(-c2ccccc2)c(-c2ccc(F)cc2)n1CC[C@@H](O)C[C@H](O)CC(=O)OCC(=O)COC(=O)C[C@H](O)C[C@H](O)CCn1c(-c2ccc(F)cc2)c(-c2ccccc2)c(C(=O)Nc2ccccc2)c1C(C)C. The molecular formula is C69H72F2N4O11. The smallest absolute Gasteiger partial charge is 0.308 e. The van der Waals surface area contributed by atoms with Crippen LogP contribution in [0, 0.1) is 11.6 Å². The number of amides is 2. The molecule has 0 bridgehead atoms. The first kappa shape index (κ1) is 63.2. The fourth-order valence-corrected chi connectivity index (χ4v) is 10.9. The zero-order valence-corrected chi connectivity index (χ0v) is 48.5. The van der Waals surface area contributed by atoms with Gasteiger partial charge < -0.3 is 49.7 Å². The van der Waals surface area contributed by atoms with Crippen LogP contribution in [0.4, 0.5) is 20.2 Å². The van der Waals surface area contributed by atoms with E-state index in [1.165, 1.54) is 24.3 Å². The molecule has 8 aromatic rings. The number of aliphatic hydroxyl groups excluding tert-OH is 4. The topological polar surface area (TPSA) is 219 Å². The van der Waals surface area contributed by atoms with Crippen molar-refractivity contribution in [2.24, 2.45) is 0 Å². The van der Waals surface area contributed by atoms with E-state index >= 15 is 0 Å². The Balaban J connectivity index is 0.846. The van der Waals surface area contributed by atoms with Gasteiger partial charge in [-0.15, -0.1) is 0 Å². The fourth-order valence-electron chi connectivity index (χ4n) is 10.9. The molecule has 0 aliphatic rings. The Morgan fingerprint density at radius 2 is 0.767 bits per heavy atom. The van der Waals surface area contributed by atoms with Crippen molar-refractivity contribution >= 4 is 40.9 Å². The van der Waals surface area contributed by atoms with Gasteiger partial charge in [0, 0.05) is 47.0 Å². The molecule has 2 aromatic heterocycles. The molecule has 6 N–H and O–H groups in total. The van der Waals surface area contributed by atoms with Crippen molar-refractivity contribution in [1.29, 1.82) is 0 Å². The zero-order valence-electron chi connectivity index (χ0n) is 48.5. The van der Waals surface area contributed by atoms with Gasteiger partial charge in [0.05, 0.1) is 59.8 Å². The van der Waals surface area contributed by atoms with Gasteiger partial charge in [-0.1, -0.05) is 125 Å². The fraction of sp³-hybridized carbons (Fsp3) is 0.290. The van der Waals surface area contributed by atoms with Gasteiger partial charge in [-0.25, -0.2) is 8.78 Å². The average Bonchev–Trinajstić information content (AvgIpc) is 2.51. The molecule has 0 spiro atoms. The Kier molecular flexibility index (Phi) is 21.9. The molecule has 8 rings (SSSR count). The van der Waals surface area contributed by atoms with Gasteiger partial charge >= 0.3 is 11.9 Å². The van der Waals surface area contributed by atoms with Crippen molar-refractivity contribution in [1.82, 2.24) is 9.13 Å². The molecule has 0 aliphatic carbocycles. The molecule has 2 amide bonds. The summed E-state index contributed by atoms with van der Waals surface area (Å²) in [5, 5.41) is 50.5. The highest BCUT2D eigenvalue weighted by atomic mass is 19.1. The molecule has 0 aliphatic heterocycles. The number of ether oxygens (including phenoxy) is 2. The quantitative estimate of drug-likeness (QED) is 0.0253. The highest BCUT2D eigenvalue weighted by Gasteiger charge is 2.33. The van der Waals surface area contributed by atoms with Gasteiger partial charge in [0.1, 0.15) is 11.6 Å². The number of hydrogen-bond acceptors (Lipinski definition) is 11. The van der Waals surface area contributed by atoms with Crippen LogP contribution in [0.1, 0.15) is 110 Å². The Hall–Kier alpha value is -8.87. The highest BCUT2D eigenvalue weighted by molar-refractivity contribution is 6.13. The third-order valence-electron chi connectivity index (χ3n) is 14.6. The lowest BCUT2D eigenvalue weighted by Crippen LogP contribution is -2.26. The van der Waals surface area contributed by atoms with E-state index in [0.717, 1.165) is 11.1 Å². The summed E-state index contributed by atoms with van der Waals surface area (Å²) in [5.74, 6) is -4.73. The summed E-state index contributed by atoms with van der Waals surface area (Å²) in [6.45, 7) is 6.54. The molecule has 6 aromatic carbocycles. The molecule has 2 heterocycles. The number of aliphatic hydroxyl groups is 4. The van der Waals surface area contributed by atoms with Crippen LogP contribution in [0.15, 0.2) is 170 Å². The van der Waals surface area contributed by atoms with E-state index in [9.17, 15) is 53.2 Å². The summed E-state index contributed by atoms with van der Waals surface area (Å²) >= 11 is 0. The van der Waals surface area contributed by atoms with Gasteiger partial charge in [-0.3, -0.25) is 24.0 Å². The maximum atomic E-state index is 14.4. The number of para-hydroxylation sites is 2. The van der Waals surface area contributed by atoms with Gasteiger partial charge in [0.25, 0.3) is 11.8 Å². The standard InChI is InChI=1S/C69H72F2N4O11/c1-43(2)64-62(68(83)72-51-21-13-7-14-22-51)60(45-17-9-5-10-18-45)66(47-25-29-49(70)30-26-47)74(64)35-33-53(76)37-55(78)39-58(81)85-41-57(80)42-86-59(82)40-56(79)38-54(77)34-36-75-65(44(3)4)63(69(84)73-52-23-15-8-16-24-52)61(46-19-11-6-12-20-46)67(75)48-27-31-50(71)32-28-48/h5-32,43-44,53-56,76-79H,33-42H2,1-4H3,(H,72,83)(H,73,84)/t53-,54-,55-,56+/m1/s1. The minimum atomic E-state index is -1.38. The van der Waals surface area contributed by atoms with Crippen molar-refractivity contribution in [3.63, 3.8) is 0 Å². The Bertz CT molecular complexity index is 3340. The predicted octanol–water partition coefficient (Wildman–Crippen LogP) is 12.1. The number of benzene rings is 6. The highest BCUT2D eigenvalue weighted by Crippen LogP contribution is 2.45. The number of ketones is 1. The molecule has 0 saturated heterocycles. The van der Waals surface area contributed by atoms with Crippen molar-refractivity contribution in [2.45, 2.75) is 116 Å². The molecule has 15 nitrogen and oxygen atoms in total. The molecule has 4 atom stereocenters. The van der Waals surface area contributed by atoms with E-state index in [2.05, 4.69) is 10.6 Å². The number of aromatic nitrogens is 2. The first-order valence-corrected chi connectivity index (χ1v) is 28.8. The first-order valence-electron chi connectivity index (χ1n) is 28.8. The summed E-state index contributed by atoms with van der Waals surface area (Å²) in [6.07, 6.45) is -6.57. The van der Waals surface area contributed by atoms with Crippen LogP contribution in [0.2, 0.25) is 0 Å². The monoisotopic (exact) mass is 1170 g/mol. The van der Waals surface area contributed by atoms with Crippen LogP contribution in [-0.2, 0) is 36.9 Å². The number of hydrogen-bond donors (Lipinski definition) is 6. The van der Waals surface area contributed by atoms with Crippen LogP contribution in [-0.4, -0.2) is 96.7 Å². The lowest BCUT2D eigenvalue weighted by Gasteiger charge is -2.20. The normalized spacial score (nSPS) is 12.8. The minimum absolute atomic E-state index is 0.0702. The van der Waals surface area contributed by atoms with E-state index in [1.807, 2.05) is 134 Å². The van der Waals surface area contributed by atoms with Crippen molar-refractivity contribution in [3.05, 3.63) is 204 Å². The molecule has 17 heteroatoms. The van der Waals surface area contributed by atoms with Crippen LogP contribution in [0.25, 0.3) is 44.8 Å². The van der Waals surface area contributed by atoms with Crippen LogP contribution in [0.5, 0.6) is 0 Å². The zero-order chi connectivity index (χ0) is 61.4. The number of nitrogens with zero attached hydrogens (tertiary/aromatic N) is 2. The van der Waals surface area contributed by atoms with Crippen LogP contribution >= 0.6 is 0 Å².